The van der Waals surface area contributed by atoms with Crippen LogP contribution in [0.4, 0.5) is 0 Å². The monoisotopic (exact) mass is 293 g/mol. The first-order valence-electron chi connectivity index (χ1n) is 7.28. The molecule has 1 aromatic carbocycles. The first-order chi connectivity index (χ1) is 10.4. The molecule has 2 heterocycles. The first-order valence-corrected chi connectivity index (χ1v) is 7.28. The number of amides is 1. The summed E-state index contributed by atoms with van der Waals surface area (Å²) >= 11 is 0. The number of rotatable bonds is 2. The number of nitrogens with one attached hydrogen (secondary N) is 1. The van der Waals surface area contributed by atoms with Crippen LogP contribution in [-0.4, -0.2) is 20.8 Å². The van der Waals surface area contributed by atoms with Gasteiger partial charge in [-0.3, -0.25) is 4.79 Å². The molecule has 0 bridgehead atoms. The lowest BCUT2D eigenvalue weighted by Gasteiger charge is -2.20. The Labute approximate surface area is 129 Å². The van der Waals surface area contributed by atoms with E-state index < -0.39 is 0 Å². The van der Waals surface area contributed by atoms with E-state index in [4.69, 9.17) is 0 Å². The number of benzene rings is 1. The maximum atomic E-state index is 12.2. The molecule has 3 aromatic rings. The maximum Gasteiger partial charge on any atom is 0.251 e. The highest BCUT2D eigenvalue weighted by molar-refractivity contribution is 5.95. The van der Waals surface area contributed by atoms with Crippen molar-refractivity contribution in [2.75, 3.05) is 0 Å². The third-order valence-electron chi connectivity index (χ3n) is 3.40. The van der Waals surface area contributed by atoms with Crippen molar-refractivity contribution in [3.63, 3.8) is 0 Å². The van der Waals surface area contributed by atoms with Gasteiger partial charge in [0.2, 0.25) is 0 Å². The summed E-state index contributed by atoms with van der Waals surface area (Å²) in [5.41, 5.74) is 3.65. The lowest BCUT2D eigenvalue weighted by Crippen LogP contribution is -2.40. The third-order valence-corrected chi connectivity index (χ3v) is 3.40. The van der Waals surface area contributed by atoms with Crippen molar-refractivity contribution in [3.8, 4) is 11.1 Å². The van der Waals surface area contributed by atoms with Crippen LogP contribution in [-0.2, 0) is 0 Å². The summed E-state index contributed by atoms with van der Waals surface area (Å²) in [6, 6.07) is 11.7. The first kappa shape index (κ1) is 14.3. The Kier molecular flexibility index (Phi) is 3.45. The molecule has 0 aliphatic heterocycles. The Balaban J connectivity index is 1.92. The molecule has 0 saturated heterocycles. The fraction of sp³-hybridized carbons (Fsp3) is 0.222. The quantitative estimate of drug-likeness (QED) is 0.785. The Hall–Kier alpha value is -2.62. The number of hydrogen-bond acceptors (Lipinski definition) is 2. The molecule has 0 unspecified atom stereocenters. The van der Waals surface area contributed by atoms with E-state index in [-0.39, 0.29) is 11.4 Å². The molecule has 0 aliphatic rings. The summed E-state index contributed by atoms with van der Waals surface area (Å²) in [6.07, 6.45) is 5.59. The van der Waals surface area contributed by atoms with Crippen LogP contribution < -0.4 is 5.32 Å². The topological polar surface area (TPSA) is 46.4 Å². The van der Waals surface area contributed by atoms with E-state index in [0.29, 0.717) is 5.56 Å². The van der Waals surface area contributed by atoms with E-state index in [1.165, 1.54) is 0 Å². The van der Waals surface area contributed by atoms with E-state index in [0.717, 1.165) is 16.6 Å². The summed E-state index contributed by atoms with van der Waals surface area (Å²) in [7, 11) is 0. The number of carbonyl (C=O) groups excluding carboxylic acids is 1. The van der Waals surface area contributed by atoms with Gasteiger partial charge in [0.25, 0.3) is 5.91 Å². The van der Waals surface area contributed by atoms with Crippen molar-refractivity contribution in [1.29, 1.82) is 0 Å². The van der Waals surface area contributed by atoms with Crippen LogP contribution in [0.3, 0.4) is 0 Å². The van der Waals surface area contributed by atoms with Gasteiger partial charge in [0.1, 0.15) is 0 Å². The second-order valence-corrected chi connectivity index (χ2v) is 6.39. The lowest BCUT2D eigenvalue weighted by molar-refractivity contribution is 0.0919. The molecule has 0 spiro atoms. The Morgan fingerprint density at radius 3 is 2.55 bits per heavy atom. The lowest BCUT2D eigenvalue weighted by atomic mass is 10.0. The van der Waals surface area contributed by atoms with Crippen molar-refractivity contribution in [3.05, 3.63) is 60.7 Å². The van der Waals surface area contributed by atoms with Gasteiger partial charge in [-0.05, 0) is 44.5 Å². The highest BCUT2D eigenvalue weighted by Gasteiger charge is 2.15. The summed E-state index contributed by atoms with van der Waals surface area (Å²) in [6.45, 7) is 5.92. The van der Waals surface area contributed by atoms with Crippen molar-refractivity contribution >= 4 is 11.4 Å². The molecular weight excluding hydrogens is 274 g/mol. The molecule has 0 saturated carbocycles. The van der Waals surface area contributed by atoms with Gasteiger partial charge >= 0.3 is 0 Å². The van der Waals surface area contributed by atoms with Crippen LogP contribution in [0.1, 0.15) is 31.1 Å². The number of pyridine rings is 1. The predicted octanol–water partition coefficient (Wildman–Crippen LogP) is 3.53. The van der Waals surface area contributed by atoms with Crippen molar-refractivity contribution < 1.29 is 4.79 Å². The zero-order valence-electron chi connectivity index (χ0n) is 13.0. The molecule has 2 aromatic heterocycles. The number of nitrogens with zero attached hydrogens (tertiary/aromatic N) is 2. The molecular formula is C18H19N3O. The molecule has 0 atom stereocenters. The molecule has 4 heteroatoms. The third kappa shape index (κ3) is 2.86. The minimum Gasteiger partial charge on any atom is -0.347 e. The van der Waals surface area contributed by atoms with Crippen molar-refractivity contribution in [1.82, 2.24) is 14.7 Å². The van der Waals surface area contributed by atoms with Crippen LogP contribution >= 0.6 is 0 Å². The molecule has 4 nitrogen and oxygen atoms in total. The Morgan fingerprint density at radius 2 is 1.86 bits per heavy atom. The molecule has 112 valence electrons. The number of hydrogen-bond donors (Lipinski definition) is 1. The maximum absolute atomic E-state index is 12.2. The van der Waals surface area contributed by atoms with Crippen LogP contribution in [0.5, 0.6) is 0 Å². The number of carbonyl (C=O) groups is 1. The van der Waals surface area contributed by atoms with Crippen LogP contribution in [0.2, 0.25) is 0 Å². The highest BCUT2D eigenvalue weighted by Crippen LogP contribution is 2.24. The van der Waals surface area contributed by atoms with Gasteiger partial charge in [-0.25, -0.2) is 4.98 Å². The average molecular weight is 293 g/mol. The summed E-state index contributed by atoms with van der Waals surface area (Å²) < 4.78 is 1.98. The smallest absolute Gasteiger partial charge is 0.251 e. The zero-order chi connectivity index (χ0) is 15.7. The van der Waals surface area contributed by atoms with Gasteiger partial charge in [-0.15, -0.1) is 0 Å². The molecule has 1 amide bonds. The molecule has 0 radical (unpaired) electrons. The molecule has 1 N–H and O–H groups in total. The average Bonchev–Trinajstić information content (AvgIpc) is 2.94. The Bertz CT molecular complexity index is 810. The second kappa shape index (κ2) is 5.30. The standard InChI is InChI=1S/C18H19N3O/c1-18(2,3)20-17(22)14-8-6-13(7-9-14)15-5-4-10-21-12-19-11-16(15)21/h4-12H,1-3H3,(H,20,22). The number of fused-ring (bicyclic) bond motifs is 1. The zero-order valence-corrected chi connectivity index (χ0v) is 13.0. The van der Waals surface area contributed by atoms with Crippen LogP contribution in [0, 0.1) is 0 Å². The molecule has 3 rings (SSSR count). The fourth-order valence-corrected chi connectivity index (χ4v) is 2.41. The second-order valence-electron chi connectivity index (χ2n) is 6.39. The van der Waals surface area contributed by atoms with E-state index in [9.17, 15) is 4.79 Å². The van der Waals surface area contributed by atoms with Gasteiger partial charge in [0, 0.05) is 22.9 Å². The van der Waals surface area contributed by atoms with Crippen LogP contribution in [0.15, 0.2) is 55.1 Å². The van der Waals surface area contributed by atoms with Crippen molar-refractivity contribution in [2.24, 2.45) is 0 Å². The van der Waals surface area contributed by atoms with Gasteiger partial charge < -0.3 is 9.72 Å². The van der Waals surface area contributed by atoms with Gasteiger partial charge in [-0.2, -0.15) is 0 Å². The predicted molar refractivity (Wildman–Crippen MR) is 87.8 cm³/mol. The normalized spacial score (nSPS) is 11.6. The summed E-state index contributed by atoms with van der Waals surface area (Å²) in [5, 5.41) is 2.97. The molecule has 0 fully saturated rings. The van der Waals surface area contributed by atoms with Gasteiger partial charge in [0.15, 0.2) is 0 Å². The van der Waals surface area contributed by atoms with E-state index >= 15 is 0 Å². The number of imidazole rings is 1. The van der Waals surface area contributed by atoms with E-state index in [1.54, 1.807) is 6.33 Å². The summed E-state index contributed by atoms with van der Waals surface area (Å²) in [4.78, 5) is 16.3. The number of aromatic nitrogens is 2. The van der Waals surface area contributed by atoms with Gasteiger partial charge in [-0.1, -0.05) is 18.2 Å². The SMILES string of the molecule is CC(C)(C)NC(=O)c1ccc(-c2cccn3cncc23)cc1. The van der Waals surface area contributed by atoms with E-state index in [1.807, 2.05) is 67.9 Å². The van der Waals surface area contributed by atoms with Crippen molar-refractivity contribution in [2.45, 2.75) is 26.3 Å². The van der Waals surface area contributed by atoms with E-state index in [2.05, 4.69) is 16.4 Å². The van der Waals surface area contributed by atoms with Gasteiger partial charge in [0.05, 0.1) is 18.0 Å². The largest absolute Gasteiger partial charge is 0.347 e. The Morgan fingerprint density at radius 1 is 1.14 bits per heavy atom. The fourth-order valence-electron chi connectivity index (χ4n) is 2.41. The highest BCUT2D eigenvalue weighted by atomic mass is 16.1. The molecule has 22 heavy (non-hydrogen) atoms. The minimum absolute atomic E-state index is 0.0541. The van der Waals surface area contributed by atoms with Crippen LogP contribution in [0.25, 0.3) is 16.6 Å². The summed E-state index contributed by atoms with van der Waals surface area (Å²) in [5.74, 6) is -0.0541. The minimum atomic E-state index is -0.237. The molecule has 0 aliphatic carbocycles.